The number of hydrogen-bond acceptors (Lipinski definition) is 4. The lowest BCUT2D eigenvalue weighted by Gasteiger charge is -2.27. The van der Waals surface area contributed by atoms with Gasteiger partial charge in [-0.25, -0.2) is 0 Å². The monoisotopic (exact) mass is 370 g/mol. The molecule has 0 aromatic carbocycles. The Labute approximate surface area is 134 Å². The van der Waals surface area contributed by atoms with Crippen LogP contribution in [0.1, 0.15) is 15.3 Å². The summed E-state index contributed by atoms with van der Waals surface area (Å²) >= 11 is 6.93. The molecule has 0 unspecified atom stereocenters. The van der Waals surface area contributed by atoms with Crippen LogP contribution < -0.4 is 5.32 Å². The highest BCUT2D eigenvalue weighted by molar-refractivity contribution is 9.10. The summed E-state index contributed by atoms with van der Waals surface area (Å²) in [6, 6.07) is 4.22. The SMILES string of the molecule is O=C(CNCc1cc(Br)cs1)N1CCc2sccc2C1. The van der Waals surface area contributed by atoms with Crippen molar-refractivity contribution in [2.24, 2.45) is 0 Å². The maximum Gasteiger partial charge on any atom is 0.236 e. The highest BCUT2D eigenvalue weighted by Crippen LogP contribution is 2.24. The van der Waals surface area contributed by atoms with E-state index < -0.39 is 0 Å². The van der Waals surface area contributed by atoms with Gasteiger partial charge in [0.2, 0.25) is 5.91 Å². The Hall–Kier alpha value is -0.690. The van der Waals surface area contributed by atoms with Gasteiger partial charge in [-0.1, -0.05) is 0 Å². The van der Waals surface area contributed by atoms with E-state index in [9.17, 15) is 4.79 Å². The van der Waals surface area contributed by atoms with E-state index in [4.69, 9.17) is 0 Å². The van der Waals surface area contributed by atoms with E-state index in [-0.39, 0.29) is 5.91 Å². The maximum atomic E-state index is 12.2. The number of carbonyl (C=O) groups is 1. The molecule has 0 saturated carbocycles. The van der Waals surface area contributed by atoms with E-state index >= 15 is 0 Å². The zero-order valence-corrected chi connectivity index (χ0v) is 14.1. The van der Waals surface area contributed by atoms with E-state index in [0.717, 1.165) is 30.5 Å². The number of nitrogens with zero attached hydrogens (tertiary/aromatic N) is 1. The molecule has 2 aromatic heterocycles. The maximum absolute atomic E-state index is 12.2. The highest BCUT2D eigenvalue weighted by Gasteiger charge is 2.20. The standard InChI is InChI=1S/C14H15BrN2OS2/c15-11-5-12(20-9-11)6-16-7-14(18)17-3-1-13-10(8-17)2-4-19-13/h2,4-5,9,16H,1,3,6-8H2. The number of hydrogen-bond donors (Lipinski definition) is 1. The molecule has 1 aliphatic heterocycles. The van der Waals surface area contributed by atoms with Crippen LogP contribution in [-0.2, 0) is 24.3 Å². The Morgan fingerprint density at radius 1 is 1.45 bits per heavy atom. The Morgan fingerprint density at radius 3 is 3.15 bits per heavy atom. The molecule has 20 heavy (non-hydrogen) atoms. The van der Waals surface area contributed by atoms with Crippen molar-refractivity contribution in [1.29, 1.82) is 0 Å². The van der Waals surface area contributed by atoms with Crippen molar-refractivity contribution in [3.63, 3.8) is 0 Å². The lowest BCUT2D eigenvalue weighted by molar-refractivity contribution is -0.131. The minimum Gasteiger partial charge on any atom is -0.337 e. The summed E-state index contributed by atoms with van der Waals surface area (Å²) in [5, 5.41) is 7.40. The molecule has 1 aliphatic rings. The molecule has 0 aliphatic carbocycles. The number of rotatable bonds is 4. The van der Waals surface area contributed by atoms with E-state index in [1.54, 1.807) is 22.7 Å². The van der Waals surface area contributed by atoms with Gasteiger partial charge in [-0.3, -0.25) is 4.79 Å². The quantitative estimate of drug-likeness (QED) is 0.895. The summed E-state index contributed by atoms with van der Waals surface area (Å²) in [7, 11) is 0. The fourth-order valence-electron chi connectivity index (χ4n) is 2.31. The first-order valence-electron chi connectivity index (χ1n) is 6.49. The van der Waals surface area contributed by atoms with E-state index in [2.05, 4.69) is 44.1 Å². The Balaban J connectivity index is 1.48. The zero-order valence-electron chi connectivity index (χ0n) is 10.9. The van der Waals surface area contributed by atoms with Crippen molar-refractivity contribution in [3.8, 4) is 0 Å². The van der Waals surface area contributed by atoms with Crippen LogP contribution in [0.2, 0.25) is 0 Å². The van der Waals surface area contributed by atoms with Gasteiger partial charge in [0.25, 0.3) is 0 Å². The molecule has 1 N–H and O–H groups in total. The lowest BCUT2D eigenvalue weighted by atomic mass is 10.1. The summed E-state index contributed by atoms with van der Waals surface area (Å²) in [5.74, 6) is 0.192. The predicted octanol–water partition coefficient (Wildman–Crippen LogP) is 3.25. The van der Waals surface area contributed by atoms with Gasteiger partial charge in [0.15, 0.2) is 0 Å². The van der Waals surface area contributed by atoms with Crippen LogP contribution in [0.3, 0.4) is 0 Å². The van der Waals surface area contributed by atoms with Crippen molar-refractivity contribution in [2.75, 3.05) is 13.1 Å². The number of halogens is 1. The third-order valence-electron chi connectivity index (χ3n) is 3.36. The van der Waals surface area contributed by atoms with Crippen LogP contribution in [0.15, 0.2) is 27.4 Å². The minimum atomic E-state index is 0.192. The van der Waals surface area contributed by atoms with Crippen LogP contribution in [0.5, 0.6) is 0 Å². The van der Waals surface area contributed by atoms with Gasteiger partial charge >= 0.3 is 0 Å². The van der Waals surface area contributed by atoms with Crippen molar-refractivity contribution in [3.05, 3.63) is 42.7 Å². The smallest absolute Gasteiger partial charge is 0.236 e. The summed E-state index contributed by atoms with van der Waals surface area (Å²) < 4.78 is 1.10. The fraction of sp³-hybridized carbons (Fsp3) is 0.357. The molecule has 0 saturated heterocycles. The van der Waals surface area contributed by atoms with Gasteiger partial charge < -0.3 is 10.2 Å². The van der Waals surface area contributed by atoms with E-state index in [1.165, 1.54) is 15.3 Å². The first-order valence-corrected chi connectivity index (χ1v) is 9.04. The van der Waals surface area contributed by atoms with Crippen LogP contribution in [-0.4, -0.2) is 23.9 Å². The number of carbonyl (C=O) groups excluding carboxylic acids is 1. The molecule has 3 nitrogen and oxygen atoms in total. The largest absolute Gasteiger partial charge is 0.337 e. The van der Waals surface area contributed by atoms with Gasteiger partial charge in [-0.15, -0.1) is 22.7 Å². The number of amides is 1. The molecular formula is C14H15BrN2OS2. The third kappa shape index (κ3) is 3.31. The molecule has 0 fully saturated rings. The second kappa shape index (κ2) is 6.39. The van der Waals surface area contributed by atoms with Crippen molar-refractivity contribution in [1.82, 2.24) is 10.2 Å². The van der Waals surface area contributed by atoms with Crippen molar-refractivity contribution < 1.29 is 4.79 Å². The number of fused-ring (bicyclic) bond motifs is 1. The van der Waals surface area contributed by atoms with Crippen molar-refractivity contribution >= 4 is 44.5 Å². The lowest BCUT2D eigenvalue weighted by Crippen LogP contribution is -2.40. The topological polar surface area (TPSA) is 32.3 Å². The van der Waals surface area contributed by atoms with Crippen LogP contribution in [0, 0.1) is 0 Å². The summed E-state index contributed by atoms with van der Waals surface area (Å²) in [5.41, 5.74) is 1.32. The van der Waals surface area contributed by atoms with Gasteiger partial charge in [0, 0.05) is 39.2 Å². The minimum absolute atomic E-state index is 0.192. The molecule has 2 aromatic rings. The molecular weight excluding hydrogens is 356 g/mol. The fourth-order valence-corrected chi connectivity index (χ4v) is 4.62. The van der Waals surface area contributed by atoms with Gasteiger partial charge in [-0.2, -0.15) is 0 Å². The Morgan fingerprint density at radius 2 is 2.35 bits per heavy atom. The molecule has 1 amide bonds. The van der Waals surface area contributed by atoms with Gasteiger partial charge in [-0.05, 0) is 45.4 Å². The summed E-state index contributed by atoms with van der Waals surface area (Å²) in [6.45, 7) is 2.77. The summed E-state index contributed by atoms with van der Waals surface area (Å²) in [6.07, 6.45) is 0.997. The Kier molecular flexibility index (Phi) is 4.55. The molecule has 0 radical (unpaired) electrons. The Bertz CT molecular complexity index is 608. The van der Waals surface area contributed by atoms with Crippen LogP contribution >= 0.6 is 38.6 Å². The molecule has 3 rings (SSSR count). The van der Waals surface area contributed by atoms with Gasteiger partial charge in [0.05, 0.1) is 6.54 Å². The summed E-state index contributed by atoms with van der Waals surface area (Å²) in [4.78, 5) is 16.8. The first kappa shape index (κ1) is 14.3. The number of thiophene rings is 2. The molecule has 0 bridgehead atoms. The molecule has 106 valence electrons. The second-order valence-electron chi connectivity index (χ2n) is 4.77. The van der Waals surface area contributed by atoms with Crippen LogP contribution in [0.4, 0.5) is 0 Å². The van der Waals surface area contributed by atoms with E-state index in [1.807, 2.05) is 4.90 Å². The highest BCUT2D eigenvalue weighted by atomic mass is 79.9. The normalized spacial score (nSPS) is 14.3. The predicted molar refractivity (Wildman–Crippen MR) is 87.2 cm³/mol. The zero-order chi connectivity index (χ0) is 13.9. The average Bonchev–Trinajstić information content (AvgIpc) is 3.06. The van der Waals surface area contributed by atoms with E-state index in [0.29, 0.717) is 6.54 Å². The third-order valence-corrected chi connectivity index (χ3v) is 6.08. The first-order chi connectivity index (χ1) is 9.72. The van der Waals surface area contributed by atoms with Crippen LogP contribution in [0.25, 0.3) is 0 Å². The second-order valence-corrected chi connectivity index (χ2v) is 7.68. The molecule has 3 heterocycles. The number of nitrogens with one attached hydrogen (secondary N) is 1. The molecule has 6 heteroatoms. The molecule has 0 atom stereocenters. The van der Waals surface area contributed by atoms with Crippen molar-refractivity contribution in [2.45, 2.75) is 19.5 Å². The average molecular weight is 371 g/mol. The van der Waals surface area contributed by atoms with Gasteiger partial charge in [0.1, 0.15) is 0 Å². The molecule has 0 spiro atoms.